The summed E-state index contributed by atoms with van der Waals surface area (Å²) in [7, 11) is 3.25. The fraction of sp³-hybridized carbons (Fsp3) is 0.250. The van der Waals surface area contributed by atoms with Crippen LogP contribution in [0.5, 0.6) is 5.75 Å². The molecule has 0 spiro atoms. The Morgan fingerprint density at radius 2 is 2.25 bits per heavy atom. The lowest BCUT2D eigenvalue weighted by atomic mass is 10.2. The fourth-order valence-electron chi connectivity index (χ4n) is 0.808. The highest BCUT2D eigenvalue weighted by atomic mass is 16.3. The lowest BCUT2D eigenvalue weighted by Gasteiger charge is -2.10. The van der Waals surface area contributed by atoms with Crippen LogP contribution in [0.15, 0.2) is 18.5 Å². The van der Waals surface area contributed by atoms with E-state index in [1.54, 1.807) is 14.1 Å². The van der Waals surface area contributed by atoms with Crippen molar-refractivity contribution in [1.29, 1.82) is 0 Å². The van der Waals surface area contributed by atoms with Gasteiger partial charge in [-0.05, 0) is 6.07 Å². The van der Waals surface area contributed by atoms with E-state index in [4.69, 9.17) is 0 Å². The van der Waals surface area contributed by atoms with Crippen LogP contribution in [0, 0.1) is 0 Å². The Balaban J connectivity index is 3.03. The van der Waals surface area contributed by atoms with E-state index in [0.717, 1.165) is 0 Å². The molecule has 1 heterocycles. The van der Waals surface area contributed by atoms with Crippen molar-refractivity contribution in [3.05, 3.63) is 24.0 Å². The number of nitrogens with zero attached hydrogens (tertiary/aromatic N) is 2. The summed E-state index contributed by atoms with van der Waals surface area (Å²) in [6.07, 6.45) is 2.72. The molecule has 0 saturated carbocycles. The van der Waals surface area contributed by atoms with Crippen molar-refractivity contribution in [2.75, 3.05) is 14.1 Å². The largest absolute Gasteiger partial charge is 0.505 e. The quantitative estimate of drug-likeness (QED) is 0.660. The van der Waals surface area contributed by atoms with E-state index in [0.29, 0.717) is 0 Å². The number of pyridine rings is 1. The van der Waals surface area contributed by atoms with Crippen molar-refractivity contribution in [3.63, 3.8) is 0 Å². The van der Waals surface area contributed by atoms with Gasteiger partial charge in [0.05, 0.1) is 11.8 Å². The summed E-state index contributed by atoms with van der Waals surface area (Å²) in [5.74, 6) is -0.314. The molecule has 0 radical (unpaired) electrons. The minimum absolute atomic E-state index is 0.0869. The van der Waals surface area contributed by atoms with Crippen LogP contribution < -0.4 is 0 Å². The number of hydrogen-bond donors (Lipinski definition) is 1. The van der Waals surface area contributed by atoms with Gasteiger partial charge in [0.2, 0.25) is 0 Å². The van der Waals surface area contributed by atoms with E-state index < -0.39 is 0 Å². The molecule has 1 aromatic rings. The number of carbonyl (C=O) groups excluding carboxylic acids is 1. The molecule has 0 aliphatic carbocycles. The zero-order chi connectivity index (χ0) is 9.14. The lowest BCUT2D eigenvalue weighted by molar-refractivity contribution is 0.0824. The Kier molecular flexibility index (Phi) is 2.28. The first-order valence-corrected chi connectivity index (χ1v) is 3.47. The molecular weight excluding hydrogens is 156 g/mol. The maximum absolute atomic E-state index is 11.3. The van der Waals surface area contributed by atoms with Gasteiger partial charge in [-0.25, -0.2) is 0 Å². The topological polar surface area (TPSA) is 53.4 Å². The number of aromatic hydroxyl groups is 1. The average Bonchev–Trinajstić information content (AvgIpc) is 2.04. The molecule has 12 heavy (non-hydrogen) atoms. The van der Waals surface area contributed by atoms with Gasteiger partial charge in [0.15, 0.2) is 0 Å². The molecule has 4 heteroatoms. The van der Waals surface area contributed by atoms with Crippen molar-refractivity contribution in [2.45, 2.75) is 0 Å². The van der Waals surface area contributed by atoms with E-state index in [-0.39, 0.29) is 17.2 Å². The second kappa shape index (κ2) is 3.21. The predicted molar refractivity (Wildman–Crippen MR) is 43.9 cm³/mol. The smallest absolute Gasteiger partial charge is 0.257 e. The molecule has 0 atom stereocenters. The molecule has 0 aromatic carbocycles. The van der Waals surface area contributed by atoms with Gasteiger partial charge in [-0.3, -0.25) is 9.78 Å². The van der Waals surface area contributed by atoms with Gasteiger partial charge in [-0.2, -0.15) is 0 Å². The van der Waals surface area contributed by atoms with Crippen LogP contribution in [-0.2, 0) is 0 Å². The van der Waals surface area contributed by atoms with Gasteiger partial charge in [0.25, 0.3) is 5.91 Å². The van der Waals surface area contributed by atoms with E-state index in [1.807, 2.05) is 0 Å². The maximum Gasteiger partial charge on any atom is 0.257 e. The highest BCUT2D eigenvalue weighted by Gasteiger charge is 2.11. The van der Waals surface area contributed by atoms with Gasteiger partial charge >= 0.3 is 0 Å². The molecule has 0 unspecified atom stereocenters. The molecular formula is C8H10N2O2. The van der Waals surface area contributed by atoms with Gasteiger partial charge < -0.3 is 10.0 Å². The van der Waals surface area contributed by atoms with Crippen LogP contribution in [0.25, 0.3) is 0 Å². The van der Waals surface area contributed by atoms with Crippen molar-refractivity contribution in [2.24, 2.45) is 0 Å². The summed E-state index contributed by atoms with van der Waals surface area (Å²) < 4.78 is 0. The Morgan fingerprint density at radius 3 is 2.75 bits per heavy atom. The van der Waals surface area contributed by atoms with Crippen LogP contribution in [0.2, 0.25) is 0 Å². The minimum atomic E-state index is -0.227. The first-order chi connectivity index (χ1) is 5.63. The van der Waals surface area contributed by atoms with Crippen LogP contribution >= 0.6 is 0 Å². The molecule has 1 rings (SSSR count). The summed E-state index contributed by atoms with van der Waals surface area (Å²) in [5.41, 5.74) is 0.273. The lowest BCUT2D eigenvalue weighted by Crippen LogP contribution is -2.21. The molecule has 0 saturated heterocycles. The van der Waals surface area contributed by atoms with Crippen molar-refractivity contribution < 1.29 is 9.90 Å². The van der Waals surface area contributed by atoms with E-state index in [2.05, 4.69) is 4.98 Å². The minimum Gasteiger partial charge on any atom is -0.505 e. The van der Waals surface area contributed by atoms with Crippen molar-refractivity contribution in [3.8, 4) is 5.75 Å². The Labute approximate surface area is 70.5 Å². The summed E-state index contributed by atoms with van der Waals surface area (Å²) in [4.78, 5) is 16.4. The second-order valence-corrected chi connectivity index (χ2v) is 2.59. The Hall–Kier alpha value is -1.58. The molecule has 1 aromatic heterocycles. The summed E-state index contributed by atoms with van der Waals surface area (Å²) in [6, 6.07) is 1.48. The van der Waals surface area contributed by atoms with Crippen LogP contribution in [0.4, 0.5) is 0 Å². The molecule has 0 aliphatic rings. The molecule has 1 N–H and O–H groups in total. The molecule has 0 fully saturated rings. The number of rotatable bonds is 1. The van der Waals surface area contributed by atoms with Gasteiger partial charge in [-0.1, -0.05) is 0 Å². The number of hydrogen-bond acceptors (Lipinski definition) is 3. The highest BCUT2D eigenvalue weighted by Crippen LogP contribution is 2.14. The fourth-order valence-corrected chi connectivity index (χ4v) is 0.808. The summed E-state index contributed by atoms with van der Waals surface area (Å²) >= 11 is 0. The van der Waals surface area contributed by atoms with E-state index in [9.17, 15) is 9.90 Å². The Morgan fingerprint density at radius 1 is 1.58 bits per heavy atom. The number of aromatic nitrogens is 1. The Bertz CT molecular complexity index is 297. The third-order valence-corrected chi connectivity index (χ3v) is 1.44. The molecule has 0 aliphatic heterocycles. The molecule has 1 amide bonds. The SMILES string of the molecule is CN(C)C(=O)c1ccncc1O. The zero-order valence-electron chi connectivity index (χ0n) is 6.98. The third-order valence-electron chi connectivity index (χ3n) is 1.44. The van der Waals surface area contributed by atoms with Gasteiger partial charge in [-0.15, -0.1) is 0 Å². The first-order valence-electron chi connectivity index (χ1n) is 3.47. The second-order valence-electron chi connectivity index (χ2n) is 2.59. The highest BCUT2D eigenvalue weighted by molar-refractivity contribution is 5.96. The predicted octanol–water partition coefficient (Wildman–Crippen LogP) is 0.489. The van der Waals surface area contributed by atoms with E-state index >= 15 is 0 Å². The van der Waals surface area contributed by atoms with Crippen LogP contribution in [-0.4, -0.2) is 35.0 Å². The van der Waals surface area contributed by atoms with E-state index in [1.165, 1.54) is 23.4 Å². The molecule has 0 bridgehead atoms. The van der Waals surface area contributed by atoms with Crippen molar-refractivity contribution in [1.82, 2.24) is 9.88 Å². The van der Waals surface area contributed by atoms with Gasteiger partial charge in [0, 0.05) is 20.3 Å². The van der Waals surface area contributed by atoms with Crippen LogP contribution in [0.1, 0.15) is 10.4 Å². The molecule has 4 nitrogen and oxygen atoms in total. The average molecular weight is 166 g/mol. The summed E-state index contributed by atoms with van der Waals surface area (Å²) in [5, 5.41) is 9.22. The standard InChI is InChI=1S/C8H10N2O2/c1-10(2)8(12)6-3-4-9-5-7(6)11/h3-5,11H,1-2H3. The molecule has 64 valence electrons. The monoisotopic (exact) mass is 166 g/mol. The zero-order valence-corrected chi connectivity index (χ0v) is 6.98. The number of amides is 1. The summed E-state index contributed by atoms with van der Waals surface area (Å²) in [6.45, 7) is 0. The number of carbonyl (C=O) groups is 1. The first kappa shape index (κ1) is 8.52. The van der Waals surface area contributed by atoms with Crippen LogP contribution in [0.3, 0.4) is 0 Å². The van der Waals surface area contributed by atoms with Crippen molar-refractivity contribution >= 4 is 5.91 Å². The third kappa shape index (κ3) is 1.53. The van der Waals surface area contributed by atoms with Gasteiger partial charge in [0.1, 0.15) is 5.75 Å². The normalized spacial score (nSPS) is 9.50. The maximum atomic E-state index is 11.3.